The SMILES string of the molecule is CC(C)(C)N1CC(n2cc(CNc3cccc4c3C(=O)N(C3CCC(=O)NC3=O)C4=O)cn2)C1. The maximum Gasteiger partial charge on any atom is 0.264 e. The summed E-state index contributed by atoms with van der Waals surface area (Å²) in [5, 5.41) is 9.98. The molecule has 0 radical (unpaired) electrons. The Hall–Kier alpha value is -3.53. The molecule has 3 aliphatic rings. The summed E-state index contributed by atoms with van der Waals surface area (Å²) in [4.78, 5) is 53.3. The summed E-state index contributed by atoms with van der Waals surface area (Å²) in [7, 11) is 0. The predicted molar refractivity (Wildman–Crippen MR) is 123 cm³/mol. The number of rotatable bonds is 5. The number of aromatic nitrogens is 2. The lowest BCUT2D eigenvalue weighted by Crippen LogP contribution is -2.56. The minimum Gasteiger partial charge on any atom is -0.380 e. The molecule has 4 heterocycles. The molecule has 178 valence electrons. The van der Waals surface area contributed by atoms with Gasteiger partial charge in [-0.3, -0.25) is 39.0 Å². The van der Waals surface area contributed by atoms with Crippen LogP contribution in [0.15, 0.2) is 30.6 Å². The molecule has 1 aromatic carbocycles. The molecule has 1 aromatic heterocycles. The van der Waals surface area contributed by atoms with Crippen LogP contribution in [0.4, 0.5) is 5.69 Å². The third kappa shape index (κ3) is 3.77. The van der Waals surface area contributed by atoms with Gasteiger partial charge in [-0.25, -0.2) is 0 Å². The normalized spacial score (nSPS) is 21.5. The summed E-state index contributed by atoms with van der Waals surface area (Å²) in [6.07, 6.45) is 4.03. The number of likely N-dealkylation sites (tertiary alicyclic amines) is 1. The van der Waals surface area contributed by atoms with Crippen LogP contribution in [0.1, 0.15) is 65.9 Å². The monoisotopic (exact) mass is 464 g/mol. The number of fused-ring (bicyclic) bond motifs is 1. The number of imide groups is 2. The van der Waals surface area contributed by atoms with E-state index in [2.05, 4.69) is 41.4 Å². The molecule has 1 atom stereocenters. The van der Waals surface area contributed by atoms with Gasteiger partial charge in [0.15, 0.2) is 0 Å². The first kappa shape index (κ1) is 22.3. The predicted octanol–water partition coefficient (Wildman–Crippen LogP) is 1.55. The van der Waals surface area contributed by atoms with E-state index in [0.717, 1.165) is 23.6 Å². The van der Waals surface area contributed by atoms with Crippen LogP contribution in [-0.2, 0) is 16.1 Å². The van der Waals surface area contributed by atoms with Crippen molar-refractivity contribution in [3.8, 4) is 0 Å². The molecule has 10 nitrogen and oxygen atoms in total. The lowest BCUT2D eigenvalue weighted by molar-refractivity contribution is -0.136. The first-order valence-corrected chi connectivity index (χ1v) is 11.5. The van der Waals surface area contributed by atoms with E-state index in [0.29, 0.717) is 18.3 Å². The Bertz CT molecular complexity index is 1190. The topological polar surface area (TPSA) is 117 Å². The fourth-order valence-corrected chi connectivity index (χ4v) is 4.70. The Balaban J connectivity index is 1.28. The van der Waals surface area contributed by atoms with Gasteiger partial charge in [0.25, 0.3) is 11.8 Å². The average molecular weight is 465 g/mol. The van der Waals surface area contributed by atoms with Gasteiger partial charge in [-0.05, 0) is 39.3 Å². The van der Waals surface area contributed by atoms with Gasteiger partial charge >= 0.3 is 0 Å². The quantitative estimate of drug-likeness (QED) is 0.645. The summed E-state index contributed by atoms with van der Waals surface area (Å²) < 4.78 is 1.98. The third-order valence-electron chi connectivity index (χ3n) is 6.79. The first-order chi connectivity index (χ1) is 16.1. The molecule has 0 saturated carbocycles. The number of carbonyl (C=O) groups is 4. The van der Waals surface area contributed by atoms with Gasteiger partial charge in [0, 0.05) is 49.0 Å². The Morgan fingerprint density at radius 3 is 2.59 bits per heavy atom. The number of hydrogen-bond acceptors (Lipinski definition) is 7. The van der Waals surface area contributed by atoms with E-state index in [4.69, 9.17) is 0 Å². The van der Waals surface area contributed by atoms with E-state index in [1.54, 1.807) is 24.4 Å². The molecule has 2 aromatic rings. The number of hydrogen-bond donors (Lipinski definition) is 2. The lowest BCUT2D eigenvalue weighted by Gasteiger charge is -2.47. The molecule has 0 spiro atoms. The molecule has 1 unspecified atom stereocenters. The number of nitrogens with one attached hydrogen (secondary N) is 2. The van der Waals surface area contributed by atoms with Crippen LogP contribution in [0.2, 0.25) is 0 Å². The van der Waals surface area contributed by atoms with Crippen molar-refractivity contribution in [2.75, 3.05) is 18.4 Å². The van der Waals surface area contributed by atoms with Gasteiger partial charge in [-0.2, -0.15) is 5.10 Å². The molecule has 0 aliphatic carbocycles. The summed E-state index contributed by atoms with van der Waals surface area (Å²) >= 11 is 0. The molecule has 3 aliphatic heterocycles. The van der Waals surface area contributed by atoms with E-state index in [1.165, 1.54) is 0 Å². The highest BCUT2D eigenvalue weighted by molar-refractivity contribution is 6.25. The summed E-state index contributed by atoms with van der Waals surface area (Å²) in [6.45, 7) is 8.95. The minimum atomic E-state index is -0.980. The van der Waals surface area contributed by atoms with E-state index >= 15 is 0 Å². The molecule has 10 heteroatoms. The average Bonchev–Trinajstić information content (AvgIpc) is 3.28. The molecule has 4 amide bonds. The Morgan fingerprint density at radius 1 is 1.12 bits per heavy atom. The summed E-state index contributed by atoms with van der Waals surface area (Å²) in [6, 6.07) is 4.40. The number of anilines is 1. The minimum absolute atomic E-state index is 0.0907. The number of carbonyl (C=O) groups excluding carboxylic acids is 4. The maximum atomic E-state index is 13.2. The zero-order valence-electron chi connectivity index (χ0n) is 19.5. The molecular weight excluding hydrogens is 436 g/mol. The number of benzene rings is 1. The van der Waals surface area contributed by atoms with Crippen molar-refractivity contribution in [2.45, 2.75) is 57.8 Å². The third-order valence-corrected chi connectivity index (χ3v) is 6.79. The molecule has 34 heavy (non-hydrogen) atoms. The van der Waals surface area contributed by atoms with Crippen molar-refractivity contribution < 1.29 is 19.2 Å². The number of nitrogens with zero attached hydrogens (tertiary/aromatic N) is 4. The molecular formula is C24H28N6O4. The second-order valence-electron chi connectivity index (χ2n) is 10.1. The largest absolute Gasteiger partial charge is 0.380 e. The summed E-state index contributed by atoms with van der Waals surface area (Å²) in [5.41, 5.74) is 2.15. The zero-order chi connectivity index (χ0) is 24.2. The van der Waals surface area contributed by atoms with E-state index in [9.17, 15) is 19.2 Å². The van der Waals surface area contributed by atoms with Gasteiger partial charge in [-0.15, -0.1) is 0 Å². The molecule has 5 rings (SSSR count). The highest BCUT2D eigenvalue weighted by atomic mass is 16.2. The maximum absolute atomic E-state index is 13.2. The standard InChI is InChI=1S/C24H28N6O4/c1-24(2,3)28-12-15(13-28)29-11-14(10-26-29)9-25-17-6-4-5-16-20(17)23(34)30(22(16)33)18-7-8-19(31)27-21(18)32/h4-6,10-11,15,18,25H,7-9,12-13H2,1-3H3,(H,27,31,32). The smallest absolute Gasteiger partial charge is 0.264 e. The van der Waals surface area contributed by atoms with Crippen molar-refractivity contribution in [3.05, 3.63) is 47.3 Å². The van der Waals surface area contributed by atoms with E-state index < -0.39 is 29.7 Å². The second-order valence-corrected chi connectivity index (χ2v) is 10.1. The van der Waals surface area contributed by atoms with Gasteiger partial charge in [0.2, 0.25) is 11.8 Å². The van der Waals surface area contributed by atoms with Crippen LogP contribution < -0.4 is 10.6 Å². The van der Waals surface area contributed by atoms with Crippen molar-refractivity contribution in [1.82, 2.24) is 24.9 Å². The van der Waals surface area contributed by atoms with Crippen LogP contribution in [0.5, 0.6) is 0 Å². The van der Waals surface area contributed by atoms with Crippen molar-refractivity contribution in [1.29, 1.82) is 0 Å². The van der Waals surface area contributed by atoms with Crippen LogP contribution in [0.25, 0.3) is 0 Å². The highest BCUT2D eigenvalue weighted by Gasteiger charge is 2.45. The van der Waals surface area contributed by atoms with E-state index in [1.807, 2.05) is 10.9 Å². The van der Waals surface area contributed by atoms with Crippen molar-refractivity contribution in [2.24, 2.45) is 0 Å². The van der Waals surface area contributed by atoms with Gasteiger partial charge < -0.3 is 5.32 Å². The molecule has 0 bridgehead atoms. The molecule has 2 fully saturated rings. The van der Waals surface area contributed by atoms with Gasteiger partial charge in [0.05, 0.1) is 23.4 Å². The fourth-order valence-electron chi connectivity index (χ4n) is 4.70. The summed E-state index contributed by atoms with van der Waals surface area (Å²) in [5.74, 6) is -2.05. The van der Waals surface area contributed by atoms with Gasteiger partial charge in [0.1, 0.15) is 6.04 Å². The van der Waals surface area contributed by atoms with Crippen LogP contribution in [-0.4, -0.2) is 67.9 Å². The fraction of sp³-hybridized carbons (Fsp3) is 0.458. The van der Waals surface area contributed by atoms with Crippen molar-refractivity contribution >= 4 is 29.3 Å². The number of piperidine rings is 1. The molecule has 2 saturated heterocycles. The van der Waals surface area contributed by atoms with Crippen molar-refractivity contribution in [3.63, 3.8) is 0 Å². The van der Waals surface area contributed by atoms with E-state index in [-0.39, 0.29) is 29.5 Å². The number of amides is 4. The Morgan fingerprint density at radius 2 is 1.88 bits per heavy atom. The Kier molecular flexibility index (Phi) is 5.27. The van der Waals surface area contributed by atoms with Crippen LogP contribution in [0.3, 0.4) is 0 Å². The molecule has 2 N–H and O–H groups in total. The zero-order valence-corrected chi connectivity index (χ0v) is 19.5. The van der Waals surface area contributed by atoms with Crippen LogP contribution in [0, 0.1) is 0 Å². The Labute approximate surface area is 197 Å². The second kappa shape index (κ2) is 8.05. The highest BCUT2D eigenvalue weighted by Crippen LogP contribution is 2.33. The van der Waals surface area contributed by atoms with Crippen LogP contribution >= 0.6 is 0 Å². The lowest BCUT2D eigenvalue weighted by atomic mass is 9.98. The first-order valence-electron chi connectivity index (χ1n) is 11.5. The van der Waals surface area contributed by atoms with Gasteiger partial charge in [-0.1, -0.05) is 6.07 Å².